The van der Waals surface area contributed by atoms with Gasteiger partial charge in [-0.15, -0.1) is 17.0 Å². The monoisotopic (exact) mass is 373 g/mol. The lowest BCUT2D eigenvalue weighted by Crippen LogP contribution is -2.08. The zero-order valence-electron chi connectivity index (χ0n) is 4.03. The van der Waals surface area contributed by atoms with Gasteiger partial charge in [0, 0.05) is 0 Å². The molecule has 0 aliphatic rings. The minimum absolute atomic E-state index is 0. The van der Waals surface area contributed by atoms with Crippen molar-refractivity contribution in [3.63, 3.8) is 0 Å². The largest absolute Gasteiger partial charge is 0.330 e. The third kappa shape index (κ3) is 10.8. The van der Waals surface area contributed by atoms with Gasteiger partial charge in [0.25, 0.3) is 0 Å². The van der Waals surface area contributed by atoms with Gasteiger partial charge in [-0.3, -0.25) is 0 Å². The van der Waals surface area contributed by atoms with Crippen LogP contribution in [0.3, 0.4) is 0 Å². The maximum absolute atomic E-state index is 5.22. The van der Waals surface area contributed by atoms with Crippen molar-refractivity contribution in [2.24, 2.45) is 5.73 Å². The summed E-state index contributed by atoms with van der Waals surface area (Å²) in [6.45, 7) is 0.668. The van der Waals surface area contributed by atoms with E-state index in [1.807, 2.05) is 0 Å². The average Bonchev–Trinajstić information content (AvgIpc) is 1.30. The molecule has 0 unspecified atom stereocenters. The fraction of sp³-hybridized carbons (Fsp3) is 1.00. The average molecular weight is 377 g/mol. The SMILES string of the molecule is Br.NCCC(Br)(Br)Br. The van der Waals surface area contributed by atoms with Gasteiger partial charge in [-0.25, -0.2) is 0 Å². The summed E-state index contributed by atoms with van der Waals surface area (Å²) < 4.78 is -0.137. The normalized spacial score (nSPS) is 10.5. The van der Waals surface area contributed by atoms with Crippen molar-refractivity contribution in [1.29, 1.82) is 0 Å². The lowest BCUT2D eigenvalue weighted by Gasteiger charge is -2.07. The molecule has 5 heteroatoms. The van der Waals surface area contributed by atoms with Crippen molar-refractivity contribution in [1.82, 2.24) is 0 Å². The van der Waals surface area contributed by atoms with Crippen molar-refractivity contribution in [3.8, 4) is 0 Å². The number of nitrogens with two attached hydrogens (primary N) is 1. The van der Waals surface area contributed by atoms with Crippen LogP contribution in [0.2, 0.25) is 0 Å². The molecule has 0 amide bonds. The number of alkyl halides is 3. The van der Waals surface area contributed by atoms with Crippen LogP contribution >= 0.6 is 64.8 Å². The topological polar surface area (TPSA) is 26.0 Å². The van der Waals surface area contributed by atoms with Crippen LogP contribution in [0.4, 0.5) is 0 Å². The molecule has 52 valence electrons. The quantitative estimate of drug-likeness (QED) is 0.700. The second kappa shape index (κ2) is 5.65. The van der Waals surface area contributed by atoms with E-state index >= 15 is 0 Å². The fourth-order valence-corrected chi connectivity index (χ4v) is 0.850. The molecule has 8 heavy (non-hydrogen) atoms. The van der Waals surface area contributed by atoms with E-state index in [0.29, 0.717) is 6.54 Å². The van der Waals surface area contributed by atoms with Gasteiger partial charge in [0.15, 0.2) is 0 Å². The molecule has 2 N–H and O–H groups in total. The van der Waals surface area contributed by atoms with E-state index < -0.39 is 0 Å². The van der Waals surface area contributed by atoms with E-state index in [-0.39, 0.29) is 19.1 Å². The first-order chi connectivity index (χ1) is 3.06. The van der Waals surface area contributed by atoms with Crippen LogP contribution in [-0.4, -0.2) is 8.69 Å². The van der Waals surface area contributed by atoms with E-state index in [1.54, 1.807) is 0 Å². The van der Waals surface area contributed by atoms with Crippen LogP contribution in [0.15, 0.2) is 0 Å². The van der Waals surface area contributed by atoms with Crippen molar-refractivity contribution in [3.05, 3.63) is 0 Å². The van der Waals surface area contributed by atoms with Gasteiger partial charge in [0.05, 0.1) is 0 Å². The minimum atomic E-state index is -0.137. The first-order valence-electron chi connectivity index (χ1n) is 1.83. The van der Waals surface area contributed by atoms with Gasteiger partial charge in [-0.05, 0) is 13.0 Å². The van der Waals surface area contributed by atoms with Gasteiger partial charge in [-0.2, -0.15) is 0 Å². The highest BCUT2D eigenvalue weighted by Crippen LogP contribution is 2.35. The van der Waals surface area contributed by atoms with E-state index in [0.717, 1.165) is 6.42 Å². The van der Waals surface area contributed by atoms with Crippen LogP contribution in [-0.2, 0) is 0 Å². The van der Waals surface area contributed by atoms with Crippen molar-refractivity contribution in [2.45, 2.75) is 8.56 Å². The van der Waals surface area contributed by atoms with E-state index in [2.05, 4.69) is 47.8 Å². The summed E-state index contributed by atoms with van der Waals surface area (Å²) in [4.78, 5) is 0. The highest BCUT2D eigenvalue weighted by molar-refractivity contribution is 9.39. The van der Waals surface area contributed by atoms with Crippen molar-refractivity contribution >= 4 is 64.8 Å². The third-order valence-electron chi connectivity index (χ3n) is 0.428. The molecule has 0 aliphatic carbocycles. The fourth-order valence-electron chi connectivity index (χ4n) is 0.164. The van der Waals surface area contributed by atoms with Gasteiger partial charge < -0.3 is 5.73 Å². The Hall–Kier alpha value is 1.88. The first kappa shape index (κ1) is 12.5. The highest BCUT2D eigenvalue weighted by atomic mass is 80.0. The molecule has 0 saturated heterocycles. The second-order valence-corrected chi connectivity index (χ2v) is 8.41. The van der Waals surface area contributed by atoms with Gasteiger partial charge in [0.1, 0.15) is 2.14 Å². The van der Waals surface area contributed by atoms with Crippen LogP contribution in [0.1, 0.15) is 6.42 Å². The lowest BCUT2D eigenvalue weighted by atomic mass is 10.5. The molecule has 0 aromatic rings. The number of rotatable bonds is 1. The summed E-state index contributed by atoms with van der Waals surface area (Å²) in [5.74, 6) is 0. The molecule has 1 nitrogen and oxygen atoms in total. The summed E-state index contributed by atoms with van der Waals surface area (Å²) >= 11 is 9.88. The summed E-state index contributed by atoms with van der Waals surface area (Å²) in [5.41, 5.74) is 5.22. The Kier molecular flexibility index (Phi) is 8.86. The van der Waals surface area contributed by atoms with Gasteiger partial charge >= 0.3 is 0 Å². The number of halogens is 4. The standard InChI is InChI=1S/C3H6Br3N.BrH/c4-3(5,6)1-2-7;/h1-2,7H2;1H. The second-order valence-electron chi connectivity index (χ2n) is 1.15. The molecule has 0 bridgehead atoms. The molecule has 0 aromatic carbocycles. The van der Waals surface area contributed by atoms with E-state index in [4.69, 9.17) is 5.73 Å². The Morgan fingerprint density at radius 1 is 1.25 bits per heavy atom. The summed E-state index contributed by atoms with van der Waals surface area (Å²) in [6, 6.07) is 0. The molecule has 0 saturated carbocycles. The molecule has 0 aliphatic heterocycles. The molecular weight excluding hydrogens is 370 g/mol. The zero-order chi connectivity index (χ0) is 5.91. The number of hydrogen-bond donors (Lipinski definition) is 1. The van der Waals surface area contributed by atoms with E-state index in [9.17, 15) is 0 Å². The smallest absolute Gasteiger partial charge is 0.136 e. The highest BCUT2D eigenvalue weighted by Gasteiger charge is 2.14. The Labute approximate surface area is 84.9 Å². The van der Waals surface area contributed by atoms with Crippen LogP contribution in [0.5, 0.6) is 0 Å². The zero-order valence-corrected chi connectivity index (χ0v) is 10.5. The predicted molar refractivity (Wildman–Crippen MR) is 53.5 cm³/mol. The Morgan fingerprint density at radius 3 is 1.62 bits per heavy atom. The predicted octanol–water partition coefficient (Wildman–Crippen LogP) is 2.75. The van der Waals surface area contributed by atoms with Crippen molar-refractivity contribution in [2.75, 3.05) is 6.54 Å². The molecule has 0 atom stereocenters. The molecule has 0 heterocycles. The molecule has 0 fully saturated rings. The summed E-state index contributed by atoms with van der Waals surface area (Å²) in [5, 5.41) is 0. The molecule has 0 aromatic heterocycles. The van der Waals surface area contributed by atoms with Gasteiger partial charge in [0.2, 0.25) is 0 Å². The van der Waals surface area contributed by atoms with Crippen molar-refractivity contribution < 1.29 is 0 Å². The van der Waals surface area contributed by atoms with Crippen LogP contribution in [0, 0.1) is 0 Å². The first-order valence-corrected chi connectivity index (χ1v) is 4.21. The van der Waals surface area contributed by atoms with Gasteiger partial charge in [-0.1, -0.05) is 47.8 Å². The lowest BCUT2D eigenvalue weighted by molar-refractivity contribution is 0.909. The Bertz CT molecular complexity index is 49.7. The summed E-state index contributed by atoms with van der Waals surface area (Å²) in [6.07, 6.45) is 0.868. The minimum Gasteiger partial charge on any atom is -0.330 e. The molecule has 0 rings (SSSR count). The summed E-state index contributed by atoms with van der Waals surface area (Å²) in [7, 11) is 0. The molecule has 0 radical (unpaired) electrons. The Morgan fingerprint density at radius 2 is 1.62 bits per heavy atom. The van der Waals surface area contributed by atoms with Crippen LogP contribution in [0.25, 0.3) is 0 Å². The molecule has 0 spiro atoms. The maximum Gasteiger partial charge on any atom is 0.136 e. The maximum atomic E-state index is 5.22. The Balaban J connectivity index is 0. The van der Waals surface area contributed by atoms with E-state index in [1.165, 1.54) is 0 Å². The molecular formula is C3H7Br4N. The number of hydrogen-bond acceptors (Lipinski definition) is 1. The van der Waals surface area contributed by atoms with Crippen LogP contribution < -0.4 is 5.73 Å². The third-order valence-corrected chi connectivity index (χ3v) is 1.62.